The second-order valence-electron chi connectivity index (χ2n) is 4.72. The number of benzene rings is 1. The largest absolute Gasteiger partial charge is 0.401 e. The van der Waals surface area contributed by atoms with Crippen molar-refractivity contribution in [3.05, 3.63) is 47.0 Å². The Kier molecular flexibility index (Phi) is 4.87. The number of amides is 1. The van der Waals surface area contributed by atoms with Crippen LogP contribution in [0.5, 0.6) is 0 Å². The number of piperazine rings is 1. The Balaban J connectivity index is 1.89. The summed E-state index contributed by atoms with van der Waals surface area (Å²) in [4.78, 5) is 16.0. The highest BCUT2D eigenvalue weighted by atomic mass is 32.1. The molecule has 1 aromatic carbocycles. The van der Waals surface area contributed by atoms with Crippen LogP contribution in [-0.2, 0) is 11.3 Å². The number of thiol groups is 1. The fourth-order valence-electron chi connectivity index (χ4n) is 2.16. The summed E-state index contributed by atoms with van der Waals surface area (Å²) in [6.07, 6.45) is 0. The van der Waals surface area contributed by atoms with Gasteiger partial charge in [0, 0.05) is 31.9 Å². The third-order valence-electron chi connectivity index (χ3n) is 3.19. The summed E-state index contributed by atoms with van der Waals surface area (Å²) in [5.41, 5.74) is 7.58. The van der Waals surface area contributed by atoms with Gasteiger partial charge < -0.3 is 10.6 Å². The predicted octanol–water partition coefficient (Wildman–Crippen LogP) is 1.06. The molecule has 2 N–H and O–H groups in total. The van der Waals surface area contributed by atoms with E-state index in [9.17, 15) is 4.79 Å². The van der Waals surface area contributed by atoms with Crippen LogP contribution in [-0.4, -0.2) is 41.9 Å². The van der Waals surface area contributed by atoms with Crippen LogP contribution in [0.3, 0.4) is 0 Å². The lowest BCUT2D eigenvalue weighted by molar-refractivity contribution is -0.136. The van der Waals surface area contributed by atoms with Crippen LogP contribution in [0.25, 0.3) is 0 Å². The van der Waals surface area contributed by atoms with Crippen molar-refractivity contribution in [1.29, 1.82) is 0 Å². The fraction of sp³-hybridized carbons (Fsp3) is 0.357. The molecule has 4 nitrogen and oxygen atoms in total. The highest BCUT2D eigenvalue weighted by molar-refractivity contribution is 7.83. The van der Waals surface area contributed by atoms with Gasteiger partial charge in [0.15, 0.2) is 0 Å². The van der Waals surface area contributed by atoms with Gasteiger partial charge in [-0.05, 0) is 11.0 Å². The van der Waals surface area contributed by atoms with Crippen LogP contribution in [0.2, 0.25) is 0 Å². The third-order valence-corrected chi connectivity index (χ3v) is 3.52. The van der Waals surface area contributed by atoms with Crippen LogP contribution < -0.4 is 5.73 Å². The van der Waals surface area contributed by atoms with Gasteiger partial charge in [0.2, 0.25) is 5.91 Å². The normalized spacial score (nSPS) is 17.8. The molecule has 102 valence electrons. The van der Waals surface area contributed by atoms with E-state index in [1.807, 2.05) is 40.1 Å². The SMILES string of the molecule is N/C(=C\S)CN1CCN(Cc2ccccc2)C(=O)C1. The molecular formula is C14H19N3OS. The first-order valence-corrected chi connectivity index (χ1v) is 6.83. The molecule has 5 heteroatoms. The Morgan fingerprint density at radius 1 is 1.32 bits per heavy atom. The van der Waals surface area contributed by atoms with Gasteiger partial charge in [-0.3, -0.25) is 9.69 Å². The minimum absolute atomic E-state index is 0.155. The summed E-state index contributed by atoms with van der Waals surface area (Å²) >= 11 is 4.01. The molecule has 0 atom stereocenters. The van der Waals surface area contributed by atoms with Crippen LogP contribution in [0.1, 0.15) is 5.56 Å². The van der Waals surface area contributed by atoms with E-state index in [-0.39, 0.29) is 5.91 Å². The molecule has 0 radical (unpaired) electrons. The van der Waals surface area contributed by atoms with E-state index in [0.29, 0.717) is 25.3 Å². The quantitative estimate of drug-likeness (QED) is 0.809. The van der Waals surface area contributed by atoms with Crippen LogP contribution >= 0.6 is 12.6 Å². The number of carbonyl (C=O) groups excluding carboxylic acids is 1. The molecule has 1 heterocycles. The first-order valence-electron chi connectivity index (χ1n) is 6.32. The van der Waals surface area contributed by atoms with Gasteiger partial charge in [0.05, 0.1) is 6.54 Å². The average molecular weight is 277 g/mol. The summed E-state index contributed by atoms with van der Waals surface area (Å²) in [6, 6.07) is 10.1. The van der Waals surface area contributed by atoms with Crippen molar-refractivity contribution in [3.8, 4) is 0 Å². The second-order valence-corrected chi connectivity index (χ2v) is 4.97. The highest BCUT2D eigenvalue weighted by Gasteiger charge is 2.23. The number of hydrogen-bond donors (Lipinski definition) is 2. The molecule has 0 aromatic heterocycles. The fourth-order valence-corrected chi connectivity index (χ4v) is 2.24. The minimum Gasteiger partial charge on any atom is -0.401 e. The second kappa shape index (κ2) is 6.63. The van der Waals surface area contributed by atoms with Crippen molar-refractivity contribution in [2.24, 2.45) is 5.73 Å². The molecule has 1 fully saturated rings. The van der Waals surface area contributed by atoms with Crippen molar-refractivity contribution in [2.45, 2.75) is 6.54 Å². The van der Waals surface area contributed by atoms with E-state index in [4.69, 9.17) is 5.73 Å². The Morgan fingerprint density at radius 3 is 2.68 bits per heavy atom. The molecule has 2 rings (SSSR count). The monoisotopic (exact) mass is 277 g/mol. The van der Waals surface area contributed by atoms with E-state index in [1.54, 1.807) is 5.41 Å². The van der Waals surface area contributed by atoms with E-state index in [2.05, 4.69) is 12.6 Å². The highest BCUT2D eigenvalue weighted by Crippen LogP contribution is 2.10. The number of nitrogens with zero attached hydrogens (tertiary/aromatic N) is 2. The molecule has 1 aliphatic rings. The molecule has 0 saturated carbocycles. The number of carbonyl (C=O) groups is 1. The van der Waals surface area contributed by atoms with Gasteiger partial charge in [0.25, 0.3) is 0 Å². The average Bonchev–Trinajstić information content (AvgIpc) is 2.43. The molecule has 0 spiro atoms. The number of nitrogens with two attached hydrogens (primary N) is 1. The zero-order valence-corrected chi connectivity index (χ0v) is 11.7. The lowest BCUT2D eigenvalue weighted by atomic mass is 10.2. The first-order chi connectivity index (χ1) is 9.19. The molecule has 1 aromatic rings. The molecule has 19 heavy (non-hydrogen) atoms. The van der Waals surface area contributed by atoms with Crippen molar-refractivity contribution in [2.75, 3.05) is 26.2 Å². The summed E-state index contributed by atoms with van der Waals surface area (Å²) in [6.45, 7) is 3.31. The van der Waals surface area contributed by atoms with Crippen molar-refractivity contribution < 1.29 is 4.79 Å². The van der Waals surface area contributed by atoms with Gasteiger partial charge >= 0.3 is 0 Å². The Bertz CT molecular complexity index is 461. The van der Waals surface area contributed by atoms with E-state index < -0.39 is 0 Å². The molecule has 1 saturated heterocycles. The molecule has 1 aliphatic heterocycles. The molecule has 0 bridgehead atoms. The van der Waals surface area contributed by atoms with Gasteiger partial charge in [-0.1, -0.05) is 30.3 Å². The van der Waals surface area contributed by atoms with Gasteiger partial charge in [-0.25, -0.2) is 0 Å². The molecule has 0 aliphatic carbocycles. The van der Waals surface area contributed by atoms with E-state index in [0.717, 1.165) is 13.1 Å². The van der Waals surface area contributed by atoms with Gasteiger partial charge in [0.1, 0.15) is 0 Å². The summed E-state index contributed by atoms with van der Waals surface area (Å²) in [5.74, 6) is 0.155. The van der Waals surface area contributed by atoms with E-state index in [1.165, 1.54) is 5.56 Å². The van der Waals surface area contributed by atoms with Crippen molar-refractivity contribution in [1.82, 2.24) is 9.80 Å². The topological polar surface area (TPSA) is 49.6 Å². The molecular weight excluding hydrogens is 258 g/mol. The van der Waals surface area contributed by atoms with E-state index >= 15 is 0 Å². The number of rotatable bonds is 4. The van der Waals surface area contributed by atoms with Crippen LogP contribution in [0.4, 0.5) is 0 Å². The lowest BCUT2D eigenvalue weighted by Gasteiger charge is -2.34. The van der Waals surface area contributed by atoms with Gasteiger partial charge in [-0.15, -0.1) is 12.6 Å². The van der Waals surface area contributed by atoms with Crippen molar-refractivity contribution in [3.63, 3.8) is 0 Å². The Morgan fingerprint density at radius 2 is 2.05 bits per heavy atom. The standard InChI is InChI=1S/C14H19N3OS/c15-13(11-19)9-16-6-7-17(14(18)10-16)8-12-4-2-1-3-5-12/h1-5,11,19H,6-10,15H2/b13-11-. The summed E-state index contributed by atoms with van der Waals surface area (Å²) in [7, 11) is 0. The van der Waals surface area contributed by atoms with Crippen molar-refractivity contribution >= 4 is 18.5 Å². The maximum absolute atomic E-state index is 12.1. The smallest absolute Gasteiger partial charge is 0.237 e. The summed E-state index contributed by atoms with van der Waals surface area (Å²) in [5, 5.41) is 1.58. The third kappa shape index (κ3) is 4.01. The van der Waals surface area contributed by atoms with Crippen LogP contribution in [0, 0.1) is 0 Å². The minimum atomic E-state index is 0.155. The zero-order chi connectivity index (χ0) is 13.7. The Labute approximate surface area is 119 Å². The van der Waals surface area contributed by atoms with Gasteiger partial charge in [-0.2, -0.15) is 0 Å². The molecule has 0 unspecified atom stereocenters. The maximum Gasteiger partial charge on any atom is 0.237 e. The maximum atomic E-state index is 12.1. The number of hydrogen-bond acceptors (Lipinski definition) is 4. The van der Waals surface area contributed by atoms with Crippen LogP contribution in [0.15, 0.2) is 41.4 Å². The first kappa shape index (κ1) is 14.0. The summed E-state index contributed by atoms with van der Waals surface area (Å²) < 4.78 is 0. The molecule has 1 amide bonds. The zero-order valence-electron chi connectivity index (χ0n) is 10.8. The predicted molar refractivity (Wildman–Crippen MR) is 79.6 cm³/mol. The lowest BCUT2D eigenvalue weighted by Crippen LogP contribution is -2.50. The Hall–Kier alpha value is -1.46.